The Morgan fingerprint density at radius 3 is 1.51 bits per heavy atom. The van der Waals surface area contributed by atoms with Gasteiger partial charge in [0.15, 0.2) is 0 Å². The highest BCUT2D eigenvalue weighted by Gasteiger charge is 2.84. The number of aromatic nitrogens is 2. The fraction of sp³-hybridized carbons (Fsp3) is 0.191. The topological polar surface area (TPSA) is 35.0 Å². The van der Waals surface area contributed by atoms with Crippen molar-refractivity contribution in [1.82, 2.24) is 8.75 Å². The van der Waals surface area contributed by atoms with Crippen LogP contribution in [0.4, 0.5) is 26.3 Å². The predicted molar refractivity (Wildman–Crippen MR) is 227 cm³/mol. The lowest BCUT2D eigenvalue weighted by Gasteiger charge is -2.47. The highest BCUT2D eigenvalue weighted by molar-refractivity contribution is 8.14. The van der Waals surface area contributed by atoms with Gasteiger partial charge in [0.2, 0.25) is 0 Å². The zero-order valence-corrected chi connectivity index (χ0v) is 34.1. The van der Waals surface area contributed by atoms with Gasteiger partial charge in [0.1, 0.15) is 23.4 Å². The van der Waals surface area contributed by atoms with Crippen LogP contribution in [0.2, 0.25) is 0 Å². The number of rotatable bonds is 7. The van der Waals surface area contributed by atoms with Crippen molar-refractivity contribution in [3.8, 4) is 28.0 Å². The Morgan fingerprint density at radius 2 is 1.00 bits per heavy atom. The number of nitrogens with zero attached hydrogens (tertiary/aromatic N) is 2. The third kappa shape index (κ3) is 5.51. The lowest BCUT2D eigenvalue weighted by Crippen LogP contribution is -2.48. The van der Waals surface area contributed by atoms with E-state index in [4.69, 9.17) is 4.74 Å². The minimum atomic E-state index is -5.61. The summed E-state index contributed by atoms with van der Waals surface area (Å²) >= 11 is 3.66. The molecule has 2 aliphatic carbocycles. The van der Waals surface area contributed by atoms with Gasteiger partial charge in [-0.1, -0.05) is 109 Å². The molecule has 0 saturated heterocycles. The van der Waals surface area contributed by atoms with Crippen LogP contribution in [-0.4, -0.2) is 36.0 Å². The highest BCUT2D eigenvalue weighted by Crippen LogP contribution is 2.75. The molecule has 0 N–H and O–H groups in total. The second-order valence-electron chi connectivity index (χ2n) is 15.5. The minimum Gasteiger partial charge on any atom is -0.489 e. The standard InChI is InChI=1S/C47H32F6N2OS3/c1-26-9-13-28(14-10-26)33-21-22-34(42-41(33)54-59-55-42)29-15-11-27(12-16-29)25-56-32-19-17-31(18-20-32)38-24-36-40-39(45(48,49)47(52,53)46(40,50)51)35-23-37(30-7-5-4-6-8-30)57-43(35,2)44(36,3)58-38/h4-24H,25H2,1-3H3. The Hall–Kier alpha value is -5.04. The number of hydrogen-bond acceptors (Lipinski definition) is 6. The molecule has 1 fully saturated rings. The normalized spacial score (nSPS) is 23.5. The van der Waals surface area contributed by atoms with Crippen molar-refractivity contribution in [3.05, 3.63) is 172 Å². The molecule has 296 valence electrons. The van der Waals surface area contributed by atoms with Gasteiger partial charge >= 0.3 is 17.8 Å². The first-order valence-corrected chi connectivity index (χ1v) is 21.2. The van der Waals surface area contributed by atoms with Crippen LogP contribution in [0.25, 0.3) is 43.1 Å². The molecule has 0 radical (unpaired) electrons. The van der Waals surface area contributed by atoms with Gasteiger partial charge < -0.3 is 4.74 Å². The van der Waals surface area contributed by atoms with Crippen molar-refractivity contribution in [2.75, 3.05) is 0 Å². The van der Waals surface area contributed by atoms with Gasteiger partial charge in [0.25, 0.3) is 0 Å². The third-order valence-electron chi connectivity index (χ3n) is 12.0. The summed E-state index contributed by atoms with van der Waals surface area (Å²) in [6, 6.07) is 36.5. The summed E-state index contributed by atoms with van der Waals surface area (Å²) in [4.78, 5) is 1.07. The van der Waals surface area contributed by atoms with Crippen molar-refractivity contribution >= 4 is 56.1 Å². The van der Waals surface area contributed by atoms with Crippen molar-refractivity contribution in [1.29, 1.82) is 0 Å². The number of halogens is 6. The number of ether oxygens (including phenoxy) is 1. The molecule has 3 nitrogen and oxygen atoms in total. The lowest BCUT2D eigenvalue weighted by molar-refractivity contribution is -0.258. The summed E-state index contributed by atoms with van der Waals surface area (Å²) in [5, 5.41) is 0. The fourth-order valence-corrected chi connectivity index (χ4v) is 12.2. The van der Waals surface area contributed by atoms with Crippen molar-refractivity contribution < 1.29 is 31.1 Å². The fourth-order valence-electron chi connectivity index (χ4n) is 8.52. The molecule has 2 aliphatic heterocycles. The van der Waals surface area contributed by atoms with Crippen molar-refractivity contribution in [3.63, 3.8) is 0 Å². The SMILES string of the molecule is Cc1ccc(-c2ccc(-c3ccc(COc4ccc(C5=CC6=C7C(=C8C=C(c9ccccc9)SC8(C)C6(C)S5)C(F)(F)C(F)(F)C7(F)F)cc4)cc3)c3nsnc23)cc1. The van der Waals surface area contributed by atoms with Crippen LogP contribution >= 0.6 is 35.3 Å². The van der Waals surface area contributed by atoms with E-state index in [0.29, 0.717) is 26.7 Å². The maximum Gasteiger partial charge on any atom is 0.380 e. The average molecular weight is 851 g/mol. The largest absolute Gasteiger partial charge is 0.489 e. The van der Waals surface area contributed by atoms with Crippen LogP contribution in [0.3, 0.4) is 0 Å². The molecule has 0 bridgehead atoms. The first-order valence-electron chi connectivity index (χ1n) is 18.8. The molecule has 2 atom stereocenters. The van der Waals surface area contributed by atoms with Gasteiger partial charge in [0, 0.05) is 32.1 Å². The van der Waals surface area contributed by atoms with Gasteiger partial charge in [0.05, 0.1) is 21.2 Å². The lowest BCUT2D eigenvalue weighted by atomic mass is 9.71. The predicted octanol–water partition coefficient (Wildman–Crippen LogP) is 13.8. The molecule has 59 heavy (non-hydrogen) atoms. The van der Waals surface area contributed by atoms with E-state index in [0.717, 1.165) is 38.9 Å². The summed E-state index contributed by atoms with van der Waals surface area (Å²) in [5.74, 6) is -15.2. The van der Waals surface area contributed by atoms with E-state index < -0.39 is 38.4 Å². The Morgan fingerprint density at radius 1 is 0.542 bits per heavy atom. The van der Waals surface area contributed by atoms with E-state index >= 15 is 26.3 Å². The molecule has 2 unspecified atom stereocenters. The smallest absolute Gasteiger partial charge is 0.380 e. The van der Waals surface area contributed by atoms with Crippen molar-refractivity contribution in [2.24, 2.45) is 0 Å². The van der Waals surface area contributed by atoms with E-state index in [1.165, 1.54) is 53.0 Å². The first-order chi connectivity index (χ1) is 28.1. The second kappa shape index (κ2) is 13.2. The van der Waals surface area contributed by atoms with E-state index in [2.05, 4.69) is 52.1 Å². The second-order valence-corrected chi connectivity index (χ2v) is 18.9. The Bertz CT molecular complexity index is 2830. The number of hydrogen-bond donors (Lipinski definition) is 0. The maximum atomic E-state index is 15.8. The molecule has 10 rings (SSSR count). The molecule has 1 aromatic heterocycles. The summed E-state index contributed by atoms with van der Waals surface area (Å²) < 4.78 is 106. The zero-order valence-electron chi connectivity index (χ0n) is 31.6. The van der Waals surface area contributed by atoms with Crippen LogP contribution in [0.5, 0.6) is 5.75 Å². The molecule has 3 heterocycles. The number of alkyl halides is 6. The Labute approximate surface area is 348 Å². The van der Waals surface area contributed by atoms with Crippen molar-refractivity contribution in [2.45, 2.75) is 54.6 Å². The molecular weight excluding hydrogens is 819 g/mol. The quantitative estimate of drug-likeness (QED) is 0.150. The molecule has 12 heteroatoms. The van der Waals surface area contributed by atoms with Gasteiger partial charge in [-0.2, -0.15) is 35.1 Å². The number of aryl methyl sites for hydroxylation is 1. The molecular formula is C47H32F6N2OS3. The Balaban J connectivity index is 0.905. The third-order valence-corrected chi connectivity index (χ3v) is 15.8. The van der Waals surface area contributed by atoms with E-state index in [9.17, 15) is 0 Å². The van der Waals surface area contributed by atoms with Crippen LogP contribution in [-0.2, 0) is 6.61 Å². The summed E-state index contributed by atoms with van der Waals surface area (Å²) in [6.07, 6.45) is 2.80. The van der Waals surface area contributed by atoms with Gasteiger partial charge in [-0.05, 0) is 84.0 Å². The number of benzene rings is 5. The molecule has 0 spiro atoms. The maximum absolute atomic E-state index is 15.8. The summed E-state index contributed by atoms with van der Waals surface area (Å²) in [5.41, 5.74) is 6.29. The number of allylic oxidation sites excluding steroid dienone is 4. The van der Waals surface area contributed by atoms with Gasteiger partial charge in [-0.25, -0.2) is 0 Å². The van der Waals surface area contributed by atoms with E-state index in [-0.39, 0.29) is 17.8 Å². The van der Waals surface area contributed by atoms with Gasteiger partial charge in [-0.3, -0.25) is 0 Å². The summed E-state index contributed by atoms with van der Waals surface area (Å²) in [6.45, 7) is 5.72. The molecule has 5 aromatic carbocycles. The van der Waals surface area contributed by atoms with E-state index in [1.807, 2.05) is 24.3 Å². The Kier molecular flexibility index (Phi) is 8.56. The first kappa shape index (κ1) is 38.2. The zero-order chi connectivity index (χ0) is 41.1. The monoisotopic (exact) mass is 850 g/mol. The molecule has 4 aliphatic rings. The molecule has 0 amide bonds. The van der Waals surface area contributed by atoms with Crippen LogP contribution in [0.1, 0.15) is 36.1 Å². The average Bonchev–Trinajstić information content (AvgIpc) is 3.98. The highest BCUT2D eigenvalue weighted by atomic mass is 32.2. The minimum absolute atomic E-state index is 0.187. The molecule has 6 aromatic rings. The van der Waals surface area contributed by atoms with Crippen LogP contribution in [0, 0.1) is 6.92 Å². The van der Waals surface area contributed by atoms with Gasteiger partial charge in [-0.15, -0.1) is 23.5 Å². The van der Waals surface area contributed by atoms with E-state index in [1.54, 1.807) is 68.4 Å². The number of fused-ring (bicyclic) bond motifs is 5. The summed E-state index contributed by atoms with van der Waals surface area (Å²) in [7, 11) is 0. The molecule has 1 saturated carbocycles. The van der Waals surface area contributed by atoms with Crippen LogP contribution < -0.4 is 4.74 Å². The number of thioether (sulfide) groups is 2. The van der Waals surface area contributed by atoms with Crippen LogP contribution in [0.15, 0.2) is 150 Å².